The van der Waals surface area contributed by atoms with Gasteiger partial charge in [-0.05, 0) is 36.1 Å². The minimum atomic E-state index is -4.87. The normalized spacial score (nSPS) is 12.1. The summed E-state index contributed by atoms with van der Waals surface area (Å²) in [5.41, 5.74) is 2.30. The van der Waals surface area contributed by atoms with Crippen molar-refractivity contribution in [2.75, 3.05) is 0 Å². The number of hydrogen-bond donors (Lipinski definition) is 0. The fourth-order valence-electron chi connectivity index (χ4n) is 5.42. The quantitative estimate of drug-likeness (QED) is 0.0956. The first-order valence-corrected chi connectivity index (χ1v) is 21.5. The number of alkyl halides is 6. The van der Waals surface area contributed by atoms with Gasteiger partial charge in [0.1, 0.15) is 0 Å². The van der Waals surface area contributed by atoms with Crippen LogP contribution in [0, 0.1) is 6.07 Å². The summed E-state index contributed by atoms with van der Waals surface area (Å²) < 4.78 is 80.2. The van der Waals surface area contributed by atoms with E-state index in [-0.39, 0.29) is 17.5 Å². The second-order valence-corrected chi connectivity index (χ2v) is 15.8. The molecule has 0 saturated heterocycles. The molecule has 45 heavy (non-hydrogen) atoms. The maximum atomic E-state index is 13.4. The standard InChI is InChI=1S/C23H21F6.C12H7Si.2ClH.Zr/c1-4-5-14-8-15-6-7-19(13(2)3)21(20(15)9-14)16-10-17(22(24,25)26)12-18(11-16)23(27,28)29;1-3-7-11-9(5-1)10-6-2-4-8-12(10)13-11;;;/h6-13H,4-5H2,1-3H3;1-7H;2*1H;/q2*-1;;;+4/p-2. The van der Waals surface area contributed by atoms with Crippen molar-refractivity contribution in [1.29, 1.82) is 0 Å². The molecule has 0 bridgehead atoms. The molecule has 5 aromatic rings. The summed E-state index contributed by atoms with van der Waals surface area (Å²) in [5.74, 6) is -0.0668. The summed E-state index contributed by atoms with van der Waals surface area (Å²) in [4.78, 5) is 0. The van der Waals surface area contributed by atoms with Gasteiger partial charge < -0.3 is 0 Å². The predicted molar refractivity (Wildman–Crippen MR) is 171 cm³/mol. The molecular weight excluding hydrogens is 725 g/mol. The van der Waals surface area contributed by atoms with Crippen molar-refractivity contribution in [3.63, 3.8) is 0 Å². The Morgan fingerprint density at radius 1 is 0.844 bits per heavy atom. The number of rotatable bonds is 4. The molecule has 0 atom stereocenters. The molecule has 0 fully saturated rings. The van der Waals surface area contributed by atoms with Crippen molar-refractivity contribution < 1.29 is 47.2 Å². The van der Waals surface area contributed by atoms with Crippen LogP contribution in [0.1, 0.15) is 55.4 Å². The molecule has 1 aliphatic rings. The molecule has 6 rings (SSSR count). The Bertz CT molecular complexity index is 1680. The molecule has 1 aliphatic heterocycles. The van der Waals surface area contributed by atoms with Gasteiger partial charge >= 0.3 is 50.2 Å². The van der Waals surface area contributed by atoms with Crippen LogP contribution in [0.25, 0.3) is 33.0 Å². The number of hydrogen-bond acceptors (Lipinski definition) is 0. The van der Waals surface area contributed by atoms with Gasteiger partial charge in [0, 0.05) is 0 Å². The monoisotopic (exact) mass is 750 g/mol. The van der Waals surface area contributed by atoms with Gasteiger partial charge in [0.2, 0.25) is 0 Å². The Hall–Kier alpha value is -2.25. The van der Waals surface area contributed by atoms with E-state index in [4.69, 9.17) is 17.0 Å². The summed E-state index contributed by atoms with van der Waals surface area (Å²) >= 11 is -0.826. The molecule has 0 N–H and O–H groups in total. The van der Waals surface area contributed by atoms with E-state index in [0.717, 1.165) is 51.0 Å². The summed E-state index contributed by atoms with van der Waals surface area (Å²) in [7, 11) is 10.7. The van der Waals surface area contributed by atoms with Gasteiger partial charge in [-0.2, -0.15) is 61.9 Å². The summed E-state index contributed by atoms with van der Waals surface area (Å²) in [6, 6.07) is 27.5. The molecule has 0 saturated carbocycles. The maximum absolute atomic E-state index is 13.4. The number of fused-ring (bicyclic) bond motifs is 4. The zero-order valence-corrected chi connectivity index (χ0v) is 29.6. The van der Waals surface area contributed by atoms with Gasteiger partial charge in [-0.25, -0.2) is 0 Å². The Morgan fingerprint density at radius 2 is 1.47 bits per heavy atom. The average molecular weight is 753 g/mol. The maximum Gasteiger partial charge on any atom is 0.0920 e. The van der Waals surface area contributed by atoms with Crippen LogP contribution in [0.15, 0.2) is 84.9 Å². The molecule has 2 radical (unpaired) electrons. The molecule has 10 heteroatoms. The number of benzene rings is 4. The van der Waals surface area contributed by atoms with Crippen molar-refractivity contribution in [2.45, 2.75) is 51.9 Å². The molecule has 0 unspecified atom stereocenters. The van der Waals surface area contributed by atoms with Crippen molar-refractivity contribution >= 4 is 47.7 Å². The van der Waals surface area contributed by atoms with Gasteiger partial charge in [-0.3, -0.25) is 0 Å². The second kappa shape index (κ2) is 15.1. The van der Waals surface area contributed by atoms with Crippen molar-refractivity contribution in [1.82, 2.24) is 0 Å². The van der Waals surface area contributed by atoms with Gasteiger partial charge in [-0.15, -0.1) is 40.1 Å². The molecule has 232 valence electrons. The van der Waals surface area contributed by atoms with E-state index < -0.39 is 44.3 Å². The molecule has 5 aromatic carbocycles. The van der Waals surface area contributed by atoms with E-state index in [1.807, 2.05) is 45.0 Å². The van der Waals surface area contributed by atoms with Gasteiger partial charge in [0.15, 0.2) is 0 Å². The Morgan fingerprint density at radius 3 is 2.07 bits per heavy atom. The minimum Gasteiger partial charge on any atom is -0.184 e. The van der Waals surface area contributed by atoms with Crippen LogP contribution in [-0.4, -0.2) is 9.52 Å². The topological polar surface area (TPSA) is 0 Å². The van der Waals surface area contributed by atoms with Crippen LogP contribution >= 0.6 is 17.0 Å². The molecule has 0 spiro atoms. The van der Waals surface area contributed by atoms with E-state index in [1.165, 1.54) is 21.5 Å². The van der Waals surface area contributed by atoms with E-state index >= 15 is 0 Å². The number of aryl methyl sites for hydroxylation is 1. The third-order valence-electron chi connectivity index (χ3n) is 7.35. The van der Waals surface area contributed by atoms with Crippen LogP contribution in [0.4, 0.5) is 26.3 Å². The first-order valence-electron chi connectivity index (χ1n) is 14.1. The first kappa shape index (κ1) is 35.6. The largest absolute Gasteiger partial charge is 0.184 e. The first-order chi connectivity index (χ1) is 21.3. The summed E-state index contributed by atoms with van der Waals surface area (Å²) in [5, 5.41) is 4.33. The van der Waals surface area contributed by atoms with E-state index in [0.29, 0.717) is 10.9 Å². The fourth-order valence-corrected chi connectivity index (χ4v) is 6.73. The Balaban J connectivity index is 0.000000236. The Labute approximate surface area is 280 Å². The average Bonchev–Trinajstić information content (AvgIpc) is 3.57. The van der Waals surface area contributed by atoms with Crippen molar-refractivity contribution in [3.8, 4) is 22.3 Å². The number of halogens is 8. The molecule has 0 aliphatic carbocycles. The van der Waals surface area contributed by atoms with Crippen LogP contribution in [0.3, 0.4) is 0 Å². The molecular formula is C35H28Cl2F6SiZr. The van der Waals surface area contributed by atoms with Crippen LogP contribution in [0.2, 0.25) is 0 Å². The van der Waals surface area contributed by atoms with E-state index in [1.54, 1.807) is 6.07 Å². The van der Waals surface area contributed by atoms with Crippen molar-refractivity contribution in [3.05, 3.63) is 113 Å². The molecule has 0 aromatic heterocycles. The van der Waals surface area contributed by atoms with Crippen LogP contribution in [0.5, 0.6) is 0 Å². The van der Waals surface area contributed by atoms with E-state index in [2.05, 4.69) is 42.5 Å². The van der Waals surface area contributed by atoms with Crippen molar-refractivity contribution in [2.24, 2.45) is 0 Å². The van der Waals surface area contributed by atoms with Crippen LogP contribution < -0.4 is 10.4 Å². The minimum absolute atomic E-state index is 0.0601. The smallest absolute Gasteiger partial charge is 0.0920 e. The molecule has 0 amide bonds. The Kier molecular flexibility index (Phi) is 11.9. The fraction of sp³-hybridized carbons (Fsp3) is 0.229. The summed E-state index contributed by atoms with van der Waals surface area (Å²) in [6.07, 6.45) is -8.06. The third-order valence-corrected chi connectivity index (χ3v) is 8.72. The third kappa shape index (κ3) is 8.57. The van der Waals surface area contributed by atoms with Crippen LogP contribution in [-0.2, 0) is 39.6 Å². The van der Waals surface area contributed by atoms with E-state index in [9.17, 15) is 26.3 Å². The zero-order chi connectivity index (χ0) is 32.9. The zero-order valence-electron chi connectivity index (χ0n) is 24.6. The SMILES string of the molecule is CCCc1cc2c(-c3cc(C(F)(F)F)cc(C(F)(F)F)c3)c(C(C)C)ccc2[cH-]1.[Cl][Zr+2][Cl].[c-]1cccc2c1[Si]c1ccccc1-2. The molecule has 1 heterocycles. The summed E-state index contributed by atoms with van der Waals surface area (Å²) in [6.45, 7) is 5.76. The van der Waals surface area contributed by atoms with Gasteiger partial charge in [0.25, 0.3) is 0 Å². The predicted octanol–water partition coefficient (Wildman–Crippen LogP) is 10.8. The molecule has 0 nitrogen and oxygen atoms in total. The van der Waals surface area contributed by atoms with Gasteiger partial charge in [0.05, 0.1) is 20.6 Å². The second-order valence-electron chi connectivity index (χ2n) is 10.8. The van der Waals surface area contributed by atoms with Gasteiger partial charge in [-0.1, -0.05) is 73.3 Å².